The Morgan fingerprint density at radius 3 is 1.12 bits per heavy atom. The SMILES string of the molecule is F[B-](F)(F)F.F[B-](F)(F)F.F[B-](F)(F)F.O=C(O)c1ccco1.[LiH]. The van der Waals surface area contributed by atoms with Gasteiger partial charge in [0.2, 0.25) is 5.76 Å². The molecule has 0 saturated heterocycles. The summed E-state index contributed by atoms with van der Waals surface area (Å²) in [6, 6.07) is 2.92. The first kappa shape index (κ1) is 30.6. The van der Waals surface area contributed by atoms with Crippen LogP contribution < -0.4 is 0 Å². The summed E-state index contributed by atoms with van der Waals surface area (Å²) >= 11 is 0. The van der Waals surface area contributed by atoms with Crippen molar-refractivity contribution in [3.8, 4) is 0 Å². The average Bonchev–Trinajstić information content (AvgIpc) is 2.59. The molecule has 1 heterocycles. The summed E-state index contributed by atoms with van der Waals surface area (Å²) in [6.45, 7) is 0. The molecular weight excluding hydrogens is 375 g/mol. The van der Waals surface area contributed by atoms with Crippen LogP contribution in [-0.4, -0.2) is 51.7 Å². The molecule has 0 aromatic carbocycles. The van der Waals surface area contributed by atoms with Gasteiger partial charge in [-0.15, -0.1) is 0 Å². The van der Waals surface area contributed by atoms with Gasteiger partial charge in [0.05, 0.1) is 6.26 Å². The second-order valence-corrected chi connectivity index (χ2v) is 2.77. The zero-order chi connectivity index (χ0) is 19.5. The van der Waals surface area contributed by atoms with Crippen molar-refractivity contribution in [3.63, 3.8) is 0 Å². The van der Waals surface area contributed by atoms with Crippen molar-refractivity contribution in [2.45, 2.75) is 0 Å². The monoisotopic (exact) mass is 381 g/mol. The summed E-state index contributed by atoms with van der Waals surface area (Å²) in [4.78, 5) is 9.97. The normalized spacial score (nSPS) is 10.5. The van der Waals surface area contributed by atoms with Crippen molar-refractivity contribution in [3.05, 3.63) is 24.2 Å². The number of hydrogen-bond acceptors (Lipinski definition) is 2. The van der Waals surface area contributed by atoms with Crippen LogP contribution in [0.25, 0.3) is 0 Å². The number of aromatic carboxylic acids is 1. The number of carbonyl (C=O) groups is 1. The minimum atomic E-state index is -6.00. The summed E-state index contributed by atoms with van der Waals surface area (Å²) < 4.78 is 121. The Morgan fingerprint density at radius 1 is 0.792 bits per heavy atom. The number of carboxylic acids is 1. The van der Waals surface area contributed by atoms with E-state index in [1.54, 1.807) is 0 Å². The van der Waals surface area contributed by atoms with E-state index in [2.05, 4.69) is 4.42 Å². The molecule has 0 saturated carbocycles. The second kappa shape index (κ2) is 13.0. The van der Waals surface area contributed by atoms with Gasteiger partial charge in [-0.05, 0) is 12.1 Å². The molecule has 0 spiro atoms. The quantitative estimate of drug-likeness (QED) is 0.586. The Hall–Kier alpha value is -1.30. The summed E-state index contributed by atoms with van der Waals surface area (Å²) in [5.74, 6) is -1.06. The maximum absolute atomic E-state index is 9.97. The third-order valence-corrected chi connectivity index (χ3v) is 0.732. The molecule has 0 fully saturated rings. The predicted octanol–water partition coefficient (Wildman–Crippen LogP) is 4.23. The van der Waals surface area contributed by atoms with Crippen LogP contribution in [0.3, 0.4) is 0 Å². The Balaban J connectivity index is -0.000000113. The van der Waals surface area contributed by atoms with Gasteiger partial charge in [0.15, 0.2) is 0 Å². The third kappa shape index (κ3) is 85.4. The van der Waals surface area contributed by atoms with Crippen molar-refractivity contribution in [1.82, 2.24) is 0 Å². The van der Waals surface area contributed by atoms with E-state index in [1.165, 1.54) is 18.4 Å². The number of furan rings is 1. The predicted molar refractivity (Wildman–Crippen MR) is 63.4 cm³/mol. The molecule has 1 aromatic rings. The van der Waals surface area contributed by atoms with Gasteiger partial charge in [0.25, 0.3) is 0 Å². The van der Waals surface area contributed by atoms with Crippen LogP contribution in [0.5, 0.6) is 0 Å². The van der Waals surface area contributed by atoms with Crippen LogP contribution in [0.2, 0.25) is 0 Å². The van der Waals surface area contributed by atoms with E-state index in [-0.39, 0.29) is 24.6 Å². The van der Waals surface area contributed by atoms with Crippen molar-refractivity contribution < 1.29 is 66.1 Å². The van der Waals surface area contributed by atoms with Gasteiger partial charge in [0, 0.05) is 0 Å². The molecule has 19 heteroatoms. The zero-order valence-electron chi connectivity index (χ0n) is 10.3. The van der Waals surface area contributed by atoms with E-state index in [9.17, 15) is 56.6 Å². The Labute approximate surface area is 137 Å². The summed E-state index contributed by atoms with van der Waals surface area (Å²) in [7, 11) is -18.0. The van der Waals surface area contributed by atoms with Gasteiger partial charge < -0.3 is 61.3 Å². The molecule has 1 rings (SSSR count). The fourth-order valence-electron chi connectivity index (χ4n) is 0.400. The van der Waals surface area contributed by atoms with Crippen molar-refractivity contribution >= 4 is 46.6 Å². The topological polar surface area (TPSA) is 50.4 Å². The molecule has 0 aliphatic heterocycles. The molecule has 0 radical (unpaired) electrons. The van der Waals surface area contributed by atoms with Crippen LogP contribution in [0.4, 0.5) is 51.8 Å². The van der Waals surface area contributed by atoms with Gasteiger partial charge in [-0.1, -0.05) is 0 Å². The molecule has 1 aromatic heterocycles. The molecule has 0 bridgehead atoms. The average molecular weight is 380 g/mol. The number of halogens is 12. The summed E-state index contributed by atoms with van der Waals surface area (Å²) in [5.41, 5.74) is 0. The van der Waals surface area contributed by atoms with E-state index in [0.29, 0.717) is 0 Å². The molecule has 0 atom stereocenters. The van der Waals surface area contributed by atoms with E-state index >= 15 is 0 Å². The third-order valence-electron chi connectivity index (χ3n) is 0.732. The number of rotatable bonds is 1. The van der Waals surface area contributed by atoms with Crippen LogP contribution in [0.1, 0.15) is 10.6 Å². The Kier molecular flexibility index (Phi) is 16.6. The fraction of sp³-hybridized carbons (Fsp3) is 0. The molecular formula is C5H5B3F12LiO3-3. The van der Waals surface area contributed by atoms with Crippen LogP contribution >= 0.6 is 0 Å². The second-order valence-electron chi connectivity index (χ2n) is 2.77. The first-order valence-corrected chi connectivity index (χ1v) is 4.69. The van der Waals surface area contributed by atoms with Gasteiger partial charge in [0.1, 0.15) is 0 Å². The Bertz CT molecular complexity index is 369. The molecule has 24 heavy (non-hydrogen) atoms. The fourth-order valence-corrected chi connectivity index (χ4v) is 0.400. The summed E-state index contributed by atoms with van der Waals surface area (Å²) in [6.07, 6.45) is 1.32. The molecule has 0 aliphatic rings. The number of carboxylic acid groups (broad SMARTS) is 1. The molecule has 0 unspecified atom stereocenters. The standard InChI is InChI=1S/C5H4O3.3BF4.Li.H/c6-5(7)4-2-1-3-8-4;3*2-1(3,4)5;;/h1-3H,(H,6,7);;;;;/q;3*-1;;. The van der Waals surface area contributed by atoms with Crippen molar-refractivity contribution in [2.24, 2.45) is 0 Å². The maximum atomic E-state index is 9.97. The van der Waals surface area contributed by atoms with Crippen LogP contribution in [0.15, 0.2) is 22.8 Å². The van der Waals surface area contributed by atoms with Gasteiger partial charge in [-0.3, -0.25) is 0 Å². The molecule has 140 valence electrons. The number of hydrogen-bond donors (Lipinski definition) is 1. The van der Waals surface area contributed by atoms with Gasteiger partial charge in [-0.25, -0.2) is 4.79 Å². The summed E-state index contributed by atoms with van der Waals surface area (Å²) in [5, 5.41) is 8.18. The first-order chi connectivity index (χ1) is 9.80. The van der Waals surface area contributed by atoms with E-state index in [4.69, 9.17) is 5.11 Å². The molecule has 0 amide bonds. The molecule has 1 N–H and O–H groups in total. The Morgan fingerprint density at radius 2 is 1.04 bits per heavy atom. The molecule has 0 aliphatic carbocycles. The van der Waals surface area contributed by atoms with Crippen molar-refractivity contribution in [2.75, 3.05) is 0 Å². The first-order valence-electron chi connectivity index (χ1n) is 4.69. The van der Waals surface area contributed by atoms with Gasteiger partial charge >= 0.3 is 46.6 Å². The van der Waals surface area contributed by atoms with Crippen LogP contribution in [-0.2, 0) is 0 Å². The van der Waals surface area contributed by atoms with Crippen LogP contribution in [0, 0.1) is 0 Å². The van der Waals surface area contributed by atoms with E-state index in [0.717, 1.165) is 0 Å². The van der Waals surface area contributed by atoms with Crippen molar-refractivity contribution in [1.29, 1.82) is 0 Å². The van der Waals surface area contributed by atoms with E-state index in [1.807, 2.05) is 0 Å². The van der Waals surface area contributed by atoms with E-state index < -0.39 is 27.7 Å². The molecule has 3 nitrogen and oxygen atoms in total. The zero-order valence-corrected chi connectivity index (χ0v) is 10.3. The van der Waals surface area contributed by atoms with Gasteiger partial charge in [-0.2, -0.15) is 0 Å². The minimum absolute atomic E-state index is 0.